The van der Waals surface area contributed by atoms with Crippen molar-refractivity contribution in [2.75, 3.05) is 19.6 Å². The lowest BCUT2D eigenvalue weighted by atomic mass is 9.93. The van der Waals surface area contributed by atoms with Crippen LogP contribution in [-0.2, 0) is 6.42 Å². The van der Waals surface area contributed by atoms with Crippen LogP contribution in [0, 0.1) is 5.92 Å². The summed E-state index contributed by atoms with van der Waals surface area (Å²) in [5.41, 5.74) is 1.41. The SMILES string of the molecule is C[C@@H](O)[C@@H]1CCCN(CCc2ccccc2)C1. The first-order chi connectivity index (χ1) is 8.25. The summed E-state index contributed by atoms with van der Waals surface area (Å²) in [4.78, 5) is 2.49. The molecule has 1 aromatic carbocycles. The van der Waals surface area contributed by atoms with Crippen molar-refractivity contribution in [3.63, 3.8) is 0 Å². The molecule has 0 unspecified atom stereocenters. The molecule has 2 atom stereocenters. The summed E-state index contributed by atoms with van der Waals surface area (Å²) in [6, 6.07) is 10.6. The van der Waals surface area contributed by atoms with Crippen molar-refractivity contribution in [1.29, 1.82) is 0 Å². The van der Waals surface area contributed by atoms with Crippen LogP contribution in [0.1, 0.15) is 25.3 Å². The zero-order valence-electron chi connectivity index (χ0n) is 10.7. The van der Waals surface area contributed by atoms with Gasteiger partial charge < -0.3 is 10.0 Å². The Hall–Kier alpha value is -0.860. The van der Waals surface area contributed by atoms with E-state index in [0.717, 1.165) is 19.5 Å². The van der Waals surface area contributed by atoms with Crippen LogP contribution in [0.4, 0.5) is 0 Å². The molecule has 94 valence electrons. The molecular weight excluding hydrogens is 210 g/mol. The molecule has 0 aromatic heterocycles. The molecule has 1 saturated heterocycles. The molecule has 1 aliphatic heterocycles. The van der Waals surface area contributed by atoms with E-state index in [1.54, 1.807) is 0 Å². The lowest BCUT2D eigenvalue weighted by Gasteiger charge is -2.34. The van der Waals surface area contributed by atoms with E-state index in [9.17, 15) is 5.11 Å². The second-order valence-corrected chi connectivity index (χ2v) is 5.18. The summed E-state index contributed by atoms with van der Waals surface area (Å²) >= 11 is 0. The molecule has 2 rings (SSSR count). The molecule has 17 heavy (non-hydrogen) atoms. The van der Waals surface area contributed by atoms with E-state index in [1.165, 1.54) is 24.9 Å². The zero-order chi connectivity index (χ0) is 12.1. The number of aliphatic hydroxyl groups is 1. The fraction of sp³-hybridized carbons (Fsp3) is 0.600. The van der Waals surface area contributed by atoms with Crippen molar-refractivity contribution >= 4 is 0 Å². The van der Waals surface area contributed by atoms with Crippen molar-refractivity contribution in [3.05, 3.63) is 35.9 Å². The fourth-order valence-corrected chi connectivity index (χ4v) is 2.62. The number of benzene rings is 1. The van der Waals surface area contributed by atoms with E-state index in [0.29, 0.717) is 5.92 Å². The molecule has 1 fully saturated rings. The first-order valence-electron chi connectivity index (χ1n) is 6.70. The Balaban J connectivity index is 1.79. The highest BCUT2D eigenvalue weighted by Gasteiger charge is 2.22. The molecule has 0 aliphatic carbocycles. The molecular formula is C15H23NO. The third-order valence-corrected chi connectivity index (χ3v) is 3.78. The van der Waals surface area contributed by atoms with E-state index in [1.807, 2.05) is 6.92 Å². The number of hydrogen-bond acceptors (Lipinski definition) is 2. The van der Waals surface area contributed by atoms with Crippen molar-refractivity contribution in [1.82, 2.24) is 4.90 Å². The fourth-order valence-electron chi connectivity index (χ4n) is 2.62. The van der Waals surface area contributed by atoms with Gasteiger partial charge in [-0.15, -0.1) is 0 Å². The van der Waals surface area contributed by atoms with Gasteiger partial charge in [0.05, 0.1) is 6.10 Å². The normalized spacial score (nSPS) is 23.5. The second-order valence-electron chi connectivity index (χ2n) is 5.18. The van der Waals surface area contributed by atoms with Gasteiger partial charge in [-0.3, -0.25) is 0 Å². The average molecular weight is 233 g/mol. The molecule has 0 spiro atoms. The minimum absolute atomic E-state index is 0.158. The molecule has 2 nitrogen and oxygen atoms in total. The number of hydrogen-bond donors (Lipinski definition) is 1. The van der Waals surface area contributed by atoms with E-state index in [2.05, 4.69) is 35.2 Å². The van der Waals surface area contributed by atoms with E-state index in [4.69, 9.17) is 0 Å². The number of piperidine rings is 1. The summed E-state index contributed by atoms with van der Waals surface area (Å²) in [5.74, 6) is 0.472. The van der Waals surface area contributed by atoms with Crippen LogP contribution in [0.15, 0.2) is 30.3 Å². The minimum Gasteiger partial charge on any atom is -0.393 e. The highest BCUT2D eigenvalue weighted by Crippen LogP contribution is 2.19. The molecule has 1 aliphatic rings. The Morgan fingerprint density at radius 1 is 1.35 bits per heavy atom. The van der Waals surface area contributed by atoms with Crippen LogP contribution in [0.3, 0.4) is 0 Å². The first kappa shape index (κ1) is 12.6. The van der Waals surface area contributed by atoms with Gasteiger partial charge in [-0.2, -0.15) is 0 Å². The molecule has 0 bridgehead atoms. The smallest absolute Gasteiger partial charge is 0.0552 e. The van der Waals surface area contributed by atoms with Crippen LogP contribution in [0.5, 0.6) is 0 Å². The van der Waals surface area contributed by atoms with Crippen molar-refractivity contribution in [2.45, 2.75) is 32.3 Å². The Bertz CT molecular complexity index is 323. The Morgan fingerprint density at radius 3 is 2.82 bits per heavy atom. The molecule has 0 saturated carbocycles. The highest BCUT2D eigenvalue weighted by atomic mass is 16.3. The zero-order valence-corrected chi connectivity index (χ0v) is 10.7. The third kappa shape index (κ3) is 3.83. The Labute approximate surface area is 104 Å². The molecule has 0 radical (unpaired) electrons. The monoisotopic (exact) mass is 233 g/mol. The topological polar surface area (TPSA) is 23.5 Å². The van der Waals surface area contributed by atoms with Crippen LogP contribution in [0.25, 0.3) is 0 Å². The van der Waals surface area contributed by atoms with E-state index >= 15 is 0 Å². The largest absolute Gasteiger partial charge is 0.393 e. The van der Waals surface area contributed by atoms with Gasteiger partial charge >= 0.3 is 0 Å². The molecule has 1 heterocycles. The van der Waals surface area contributed by atoms with Crippen molar-refractivity contribution < 1.29 is 5.11 Å². The second kappa shape index (κ2) is 6.18. The molecule has 1 aromatic rings. The van der Waals surface area contributed by atoms with Gasteiger partial charge in [-0.25, -0.2) is 0 Å². The molecule has 1 N–H and O–H groups in total. The predicted molar refractivity (Wildman–Crippen MR) is 71.0 cm³/mol. The van der Waals surface area contributed by atoms with Crippen molar-refractivity contribution in [2.24, 2.45) is 5.92 Å². The maximum Gasteiger partial charge on any atom is 0.0552 e. The van der Waals surface area contributed by atoms with Crippen LogP contribution in [0.2, 0.25) is 0 Å². The van der Waals surface area contributed by atoms with Crippen LogP contribution < -0.4 is 0 Å². The van der Waals surface area contributed by atoms with Gasteiger partial charge in [-0.05, 0) is 44.2 Å². The van der Waals surface area contributed by atoms with E-state index in [-0.39, 0.29) is 6.10 Å². The van der Waals surface area contributed by atoms with Gasteiger partial charge in [0.1, 0.15) is 0 Å². The maximum atomic E-state index is 9.65. The van der Waals surface area contributed by atoms with E-state index < -0.39 is 0 Å². The van der Waals surface area contributed by atoms with Gasteiger partial charge in [0.2, 0.25) is 0 Å². The van der Waals surface area contributed by atoms with Gasteiger partial charge in [0.15, 0.2) is 0 Å². The molecule has 0 amide bonds. The Morgan fingerprint density at radius 2 is 2.12 bits per heavy atom. The number of likely N-dealkylation sites (tertiary alicyclic amines) is 1. The quantitative estimate of drug-likeness (QED) is 0.862. The summed E-state index contributed by atoms with van der Waals surface area (Å²) < 4.78 is 0. The van der Waals surface area contributed by atoms with Crippen LogP contribution in [-0.4, -0.2) is 35.7 Å². The standard InChI is InChI=1S/C15H23NO/c1-13(17)15-8-5-10-16(12-15)11-9-14-6-3-2-4-7-14/h2-4,6-7,13,15,17H,5,8-12H2,1H3/t13-,15-/m1/s1. The lowest BCUT2D eigenvalue weighted by molar-refractivity contribution is 0.0634. The summed E-state index contributed by atoms with van der Waals surface area (Å²) in [6.07, 6.45) is 3.37. The van der Waals surface area contributed by atoms with Gasteiger partial charge in [0, 0.05) is 13.1 Å². The number of nitrogens with zero attached hydrogens (tertiary/aromatic N) is 1. The maximum absolute atomic E-state index is 9.65. The highest BCUT2D eigenvalue weighted by molar-refractivity contribution is 5.14. The summed E-state index contributed by atoms with van der Waals surface area (Å²) in [6.45, 7) is 5.29. The Kier molecular flexibility index (Phi) is 4.57. The third-order valence-electron chi connectivity index (χ3n) is 3.78. The summed E-state index contributed by atoms with van der Waals surface area (Å²) in [7, 11) is 0. The van der Waals surface area contributed by atoms with Crippen LogP contribution >= 0.6 is 0 Å². The number of aliphatic hydroxyl groups excluding tert-OH is 1. The first-order valence-corrected chi connectivity index (χ1v) is 6.70. The minimum atomic E-state index is -0.158. The van der Waals surface area contributed by atoms with Gasteiger partial charge in [-0.1, -0.05) is 30.3 Å². The molecule has 2 heteroatoms. The predicted octanol–water partition coefficient (Wildman–Crippen LogP) is 2.32. The van der Waals surface area contributed by atoms with Crippen molar-refractivity contribution in [3.8, 4) is 0 Å². The average Bonchev–Trinajstić information content (AvgIpc) is 2.38. The number of rotatable bonds is 4. The summed E-state index contributed by atoms with van der Waals surface area (Å²) in [5, 5.41) is 9.65. The van der Waals surface area contributed by atoms with Gasteiger partial charge in [0.25, 0.3) is 0 Å². The lowest BCUT2D eigenvalue weighted by Crippen LogP contribution is -2.40.